The molecule has 0 aliphatic rings. The van der Waals surface area contributed by atoms with Gasteiger partial charge >= 0.3 is 5.97 Å². The average molecular weight is 373 g/mol. The fourth-order valence-corrected chi connectivity index (χ4v) is 2.66. The van der Waals surface area contributed by atoms with Crippen molar-refractivity contribution in [2.45, 2.75) is 6.61 Å². The van der Waals surface area contributed by atoms with Crippen LogP contribution >= 0.6 is 11.3 Å². The van der Waals surface area contributed by atoms with Gasteiger partial charge in [-0.1, -0.05) is 11.2 Å². The maximum atomic E-state index is 12.0. The second-order valence-electron chi connectivity index (χ2n) is 5.06. The van der Waals surface area contributed by atoms with Crippen LogP contribution in [-0.2, 0) is 16.1 Å². The molecular formula is C17H15N3O5S. The van der Waals surface area contributed by atoms with Crippen molar-refractivity contribution in [3.63, 3.8) is 0 Å². The molecule has 0 saturated carbocycles. The Morgan fingerprint density at radius 3 is 2.73 bits per heavy atom. The lowest BCUT2D eigenvalue weighted by molar-refractivity contribution is -0.144. The van der Waals surface area contributed by atoms with Crippen molar-refractivity contribution in [3.8, 4) is 16.5 Å². The monoisotopic (exact) mass is 373 g/mol. The molecule has 0 saturated heterocycles. The molecule has 1 aromatic carbocycles. The number of methoxy groups -OCH3 is 1. The molecule has 0 bridgehead atoms. The van der Waals surface area contributed by atoms with Gasteiger partial charge in [0.25, 0.3) is 11.8 Å². The Labute approximate surface area is 152 Å². The Hall–Kier alpha value is -3.20. The summed E-state index contributed by atoms with van der Waals surface area (Å²) >= 11 is 1.48. The predicted octanol–water partition coefficient (Wildman–Crippen LogP) is 2.28. The molecular weight excluding hydrogens is 358 g/mol. The minimum atomic E-state index is -0.609. The molecule has 2 aromatic heterocycles. The van der Waals surface area contributed by atoms with E-state index in [0.717, 1.165) is 4.88 Å². The summed E-state index contributed by atoms with van der Waals surface area (Å²) < 4.78 is 15.1. The average Bonchev–Trinajstić information content (AvgIpc) is 3.36. The van der Waals surface area contributed by atoms with Crippen LogP contribution in [0.3, 0.4) is 0 Å². The number of carbonyl (C=O) groups is 2. The first-order valence-corrected chi connectivity index (χ1v) is 8.48. The lowest BCUT2D eigenvalue weighted by Crippen LogP contribution is -2.30. The lowest BCUT2D eigenvalue weighted by atomic mass is 10.2. The van der Waals surface area contributed by atoms with E-state index < -0.39 is 5.97 Å². The molecule has 0 aliphatic carbocycles. The first kappa shape index (κ1) is 17.6. The number of amides is 1. The van der Waals surface area contributed by atoms with Gasteiger partial charge in [0.1, 0.15) is 12.3 Å². The van der Waals surface area contributed by atoms with Crippen molar-refractivity contribution in [2.24, 2.45) is 0 Å². The van der Waals surface area contributed by atoms with E-state index in [9.17, 15) is 9.59 Å². The quantitative estimate of drug-likeness (QED) is 0.634. The Morgan fingerprint density at radius 1 is 1.23 bits per heavy atom. The van der Waals surface area contributed by atoms with Crippen molar-refractivity contribution in [1.82, 2.24) is 15.5 Å². The molecule has 9 heteroatoms. The van der Waals surface area contributed by atoms with Crippen molar-refractivity contribution < 1.29 is 23.6 Å². The van der Waals surface area contributed by atoms with Crippen LogP contribution in [0.2, 0.25) is 0 Å². The van der Waals surface area contributed by atoms with Gasteiger partial charge in [0.05, 0.1) is 12.0 Å². The van der Waals surface area contributed by atoms with Gasteiger partial charge in [-0.25, -0.2) is 0 Å². The smallest absolute Gasteiger partial charge is 0.325 e. The maximum absolute atomic E-state index is 12.0. The molecule has 26 heavy (non-hydrogen) atoms. The molecule has 0 atom stereocenters. The summed E-state index contributed by atoms with van der Waals surface area (Å²) in [7, 11) is 1.54. The highest BCUT2D eigenvalue weighted by atomic mass is 32.1. The zero-order valence-electron chi connectivity index (χ0n) is 13.8. The normalized spacial score (nSPS) is 10.3. The van der Waals surface area contributed by atoms with Gasteiger partial charge in [-0.3, -0.25) is 9.59 Å². The first-order valence-electron chi connectivity index (χ1n) is 7.60. The van der Waals surface area contributed by atoms with Crippen LogP contribution in [0.15, 0.2) is 46.3 Å². The van der Waals surface area contributed by atoms with Crippen LogP contribution in [0.4, 0.5) is 0 Å². The second-order valence-corrected chi connectivity index (χ2v) is 6.01. The van der Waals surface area contributed by atoms with Crippen LogP contribution in [0.5, 0.6) is 5.75 Å². The van der Waals surface area contributed by atoms with Crippen molar-refractivity contribution in [1.29, 1.82) is 0 Å². The van der Waals surface area contributed by atoms with Gasteiger partial charge in [0, 0.05) is 5.56 Å². The highest BCUT2D eigenvalue weighted by molar-refractivity contribution is 7.13. The van der Waals surface area contributed by atoms with Crippen molar-refractivity contribution in [3.05, 3.63) is 53.2 Å². The number of hydrogen-bond donors (Lipinski definition) is 1. The summed E-state index contributed by atoms with van der Waals surface area (Å²) in [4.78, 5) is 28.7. The number of hydrogen-bond acceptors (Lipinski definition) is 8. The topological polar surface area (TPSA) is 104 Å². The predicted molar refractivity (Wildman–Crippen MR) is 92.7 cm³/mol. The van der Waals surface area contributed by atoms with Crippen LogP contribution in [0.1, 0.15) is 16.2 Å². The fourth-order valence-electron chi connectivity index (χ4n) is 2.01. The van der Waals surface area contributed by atoms with Gasteiger partial charge in [-0.15, -0.1) is 11.3 Å². The van der Waals surface area contributed by atoms with Gasteiger partial charge < -0.3 is 19.3 Å². The van der Waals surface area contributed by atoms with E-state index in [1.165, 1.54) is 18.4 Å². The zero-order chi connectivity index (χ0) is 18.4. The number of ether oxygens (including phenoxy) is 2. The summed E-state index contributed by atoms with van der Waals surface area (Å²) in [5, 5.41) is 8.20. The molecule has 3 rings (SSSR count). The molecule has 1 amide bonds. The number of carbonyl (C=O) groups excluding carboxylic acids is 2. The van der Waals surface area contributed by atoms with E-state index in [0.29, 0.717) is 17.1 Å². The standard InChI is InChI=1S/C17H15N3O5S/c1-23-12-6-4-11(5-7-12)17(22)18-9-15(21)24-10-14-19-16(20-25-14)13-3-2-8-26-13/h2-8H,9-10H2,1H3,(H,18,22). The summed E-state index contributed by atoms with van der Waals surface area (Å²) in [5.74, 6) is 0.273. The fraction of sp³-hybridized carbons (Fsp3) is 0.176. The highest BCUT2D eigenvalue weighted by Gasteiger charge is 2.13. The van der Waals surface area contributed by atoms with Crippen molar-refractivity contribution >= 4 is 23.2 Å². The Balaban J connectivity index is 1.44. The van der Waals surface area contributed by atoms with Gasteiger partial charge in [0.15, 0.2) is 6.61 Å². The van der Waals surface area contributed by atoms with E-state index in [4.69, 9.17) is 14.0 Å². The summed E-state index contributed by atoms with van der Waals surface area (Å²) in [6.07, 6.45) is 0. The van der Waals surface area contributed by atoms with E-state index in [2.05, 4.69) is 15.5 Å². The molecule has 1 N–H and O–H groups in total. The SMILES string of the molecule is COc1ccc(C(=O)NCC(=O)OCc2nc(-c3cccs3)no2)cc1. The number of benzene rings is 1. The molecule has 0 unspecified atom stereocenters. The first-order chi connectivity index (χ1) is 12.7. The third-order valence-electron chi connectivity index (χ3n) is 3.31. The second kappa shape index (κ2) is 8.26. The summed E-state index contributed by atoms with van der Waals surface area (Å²) in [6.45, 7) is -0.424. The molecule has 0 radical (unpaired) electrons. The lowest BCUT2D eigenvalue weighted by Gasteiger charge is -2.06. The van der Waals surface area contributed by atoms with Crippen LogP contribution < -0.4 is 10.1 Å². The number of aromatic nitrogens is 2. The summed E-state index contributed by atoms with van der Waals surface area (Å²) in [5.41, 5.74) is 0.413. The third-order valence-corrected chi connectivity index (χ3v) is 4.18. The van der Waals surface area contributed by atoms with Crippen molar-refractivity contribution in [2.75, 3.05) is 13.7 Å². The van der Waals surface area contributed by atoms with Crippen LogP contribution in [0, 0.1) is 0 Å². The molecule has 8 nitrogen and oxygen atoms in total. The number of nitrogens with one attached hydrogen (secondary N) is 1. The molecule has 0 fully saturated rings. The minimum Gasteiger partial charge on any atom is -0.497 e. The number of nitrogens with zero attached hydrogens (tertiary/aromatic N) is 2. The third kappa shape index (κ3) is 4.45. The molecule has 134 valence electrons. The number of rotatable bonds is 7. The van der Waals surface area contributed by atoms with Crippen LogP contribution in [-0.4, -0.2) is 35.7 Å². The molecule has 3 aromatic rings. The van der Waals surface area contributed by atoms with E-state index in [1.54, 1.807) is 24.3 Å². The molecule has 0 aliphatic heterocycles. The highest BCUT2D eigenvalue weighted by Crippen LogP contribution is 2.21. The Morgan fingerprint density at radius 2 is 2.04 bits per heavy atom. The van der Waals surface area contributed by atoms with E-state index >= 15 is 0 Å². The largest absolute Gasteiger partial charge is 0.497 e. The van der Waals surface area contributed by atoms with Gasteiger partial charge in [0.2, 0.25) is 5.82 Å². The number of esters is 1. The molecule has 2 heterocycles. The van der Waals surface area contributed by atoms with Gasteiger partial charge in [-0.2, -0.15) is 4.98 Å². The number of thiophene rings is 1. The maximum Gasteiger partial charge on any atom is 0.325 e. The zero-order valence-corrected chi connectivity index (χ0v) is 14.6. The van der Waals surface area contributed by atoms with E-state index in [-0.39, 0.29) is 24.9 Å². The Kier molecular flexibility index (Phi) is 5.59. The summed E-state index contributed by atoms with van der Waals surface area (Å²) in [6, 6.07) is 10.3. The molecule has 0 spiro atoms. The van der Waals surface area contributed by atoms with Crippen LogP contribution in [0.25, 0.3) is 10.7 Å². The minimum absolute atomic E-state index is 0.157. The Bertz CT molecular complexity index is 874. The van der Waals surface area contributed by atoms with Gasteiger partial charge in [-0.05, 0) is 35.7 Å². The van der Waals surface area contributed by atoms with E-state index in [1.807, 2.05) is 17.5 Å².